The molecule has 6 heteroatoms. The van der Waals surface area contributed by atoms with Crippen molar-refractivity contribution in [2.75, 3.05) is 0 Å². The lowest BCUT2D eigenvalue weighted by Crippen LogP contribution is -2.16. The number of halogens is 3. The summed E-state index contributed by atoms with van der Waals surface area (Å²) in [6, 6.07) is 1.12. The van der Waals surface area contributed by atoms with Crippen LogP contribution in [0.3, 0.4) is 0 Å². The normalized spacial score (nSPS) is 27.2. The second-order valence-electron chi connectivity index (χ2n) is 3.91. The molecule has 0 radical (unpaired) electrons. The Hall–Kier alpha value is -1.04. The lowest BCUT2D eigenvalue weighted by molar-refractivity contribution is -0.141. The largest absolute Gasteiger partial charge is 0.435 e. The van der Waals surface area contributed by atoms with Crippen molar-refractivity contribution in [1.29, 1.82) is 0 Å². The molecule has 1 fully saturated rings. The number of nitrogens with zero attached hydrogens (tertiary/aromatic N) is 2. The molecular weight excluding hydrogens is 207 g/mol. The van der Waals surface area contributed by atoms with Crippen molar-refractivity contribution in [2.24, 2.45) is 5.73 Å². The van der Waals surface area contributed by atoms with Crippen LogP contribution in [0.4, 0.5) is 13.2 Å². The maximum absolute atomic E-state index is 12.3. The van der Waals surface area contributed by atoms with E-state index in [-0.39, 0.29) is 12.1 Å². The second kappa shape index (κ2) is 3.52. The molecule has 1 aliphatic carbocycles. The minimum absolute atomic E-state index is 0.0242. The van der Waals surface area contributed by atoms with Gasteiger partial charge >= 0.3 is 6.18 Å². The fourth-order valence-corrected chi connectivity index (χ4v) is 1.92. The maximum Gasteiger partial charge on any atom is 0.435 e. The topological polar surface area (TPSA) is 43.8 Å². The van der Waals surface area contributed by atoms with Gasteiger partial charge in [-0.3, -0.25) is 4.68 Å². The van der Waals surface area contributed by atoms with Gasteiger partial charge in [-0.25, -0.2) is 0 Å². The van der Waals surface area contributed by atoms with Gasteiger partial charge in [0.05, 0.1) is 6.04 Å². The molecule has 3 nitrogen and oxygen atoms in total. The van der Waals surface area contributed by atoms with E-state index in [0.29, 0.717) is 6.42 Å². The van der Waals surface area contributed by atoms with Crippen molar-refractivity contribution in [2.45, 2.75) is 37.5 Å². The van der Waals surface area contributed by atoms with Crippen molar-refractivity contribution < 1.29 is 13.2 Å². The molecular formula is C9H12F3N3. The van der Waals surface area contributed by atoms with E-state index in [1.807, 2.05) is 0 Å². The molecule has 1 aromatic heterocycles. The highest BCUT2D eigenvalue weighted by atomic mass is 19.4. The van der Waals surface area contributed by atoms with E-state index in [1.54, 1.807) is 0 Å². The molecule has 0 aliphatic heterocycles. The molecule has 1 saturated carbocycles. The van der Waals surface area contributed by atoms with Gasteiger partial charge in [-0.1, -0.05) is 0 Å². The van der Waals surface area contributed by atoms with Crippen LogP contribution >= 0.6 is 0 Å². The van der Waals surface area contributed by atoms with Gasteiger partial charge in [0.15, 0.2) is 5.69 Å². The van der Waals surface area contributed by atoms with Crippen LogP contribution in [0.1, 0.15) is 31.0 Å². The third-order valence-electron chi connectivity index (χ3n) is 2.72. The Labute approximate surface area is 85.1 Å². The minimum Gasteiger partial charge on any atom is -0.328 e. The number of rotatable bonds is 1. The predicted molar refractivity (Wildman–Crippen MR) is 48.1 cm³/mol. The van der Waals surface area contributed by atoms with Gasteiger partial charge in [0.1, 0.15) is 0 Å². The lowest BCUT2D eigenvalue weighted by Gasteiger charge is -2.10. The zero-order valence-corrected chi connectivity index (χ0v) is 8.04. The van der Waals surface area contributed by atoms with Crippen molar-refractivity contribution in [3.63, 3.8) is 0 Å². The Kier molecular flexibility index (Phi) is 2.46. The van der Waals surface area contributed by atoms with Gasteiger partial charge in [0.2, 0.25) is 0 Å². The summed E-state index contributed by atoms with van der Waals surface area (Å²) in [4.78, 5) is 0. The highest BCUT2D eigenvalue weighted by Crippen LogP contribution is 2.31. The van der Waals surface area contributed by atoms with Gasteiger partial charge in [0, 0.05) is 12.2 Å². The molecule has 0 saturated heterocycles. The fourth-order valence-electron chi connectivity index (χ4n) is 1.92. The van der Waals surface area contributed by atoms with Crippen LogP contribution < -0.4 is 5.73 Å². The number of aromatic nitrogens is 2. The zero-order chi connectivity index (χ0) is 11.1. The van der Waals surface area contributed by atoms with Gasteiger partial charge in [-0.15, -0.1) is 0 Å². The Bertz CT molecular complexity index is 345. The Morgan fingerprint density at radius 3 is 2.60 bits per heavy atom. The quantitative estimate of drug-likeness (QED) is 0.784. The van der Waals surface area contributed by atoms with Crippen LogP contribution in [-0.4, -0.2) is 15.8 Å². The smallest absolute Gasteiger partial charge is 0.328 e. The van der Waals surface area contributed by atoms with Crippen LogP contribution in [0, 0.1) is 0 Å². The van der Waals surface area contributed by atoms with Crippen molar-refractivity contribution in [3.05, 3.63) is 18.0 Å². The molecule has 1 aliphatic rings. The van der Waals surface area contributed by atoms with Crippen LogP contribution in [0.2, 0.25) is 0 Å². The minimum atomic E-state index is -4.36. The molecule has 0 amide bonds. The first-order valence-electron chi connectivity index (χ1n) is 4.85. The van der Waals surface area contributed by atoms with Gasteiger partial charge < -0.3 is 5.73 Å². The standard InChI is InChI=1S/C9H12F3N3/c10-9(11,12)8-3-4-15(14-8)7-2-1-6(13)5-7/h3-4,6-7H,1-2,5,13H2. The zero-order valence-electron chi connectivity index (χ0n) is 8.04. The number of nitrogens with two attached hydrogens (primary N) is 1. The molecule has 84 valence electrons. The van der Waals surface area contributed by atoms with Crippen molar-refractivity contribution in [3.8, 4) is 0 Å². The third-order valence-corrected chi connectivity index (χ3v) is 2.72. The predicted octanol–water partition coefficient (Wildman–Crippen LogP) is 1.95. The van der Waals surface area contributed by atoms with Gasteiger partial charge in [0.25, 0.3) is 0 Å². The number of alkyl halides is 3. The summed E-state index contributed by atoms with van der Waals surface area (Å²) < 4.78 is 38.2. The first kappa shape index (κ1) is 10.5. The maximum atomic E-state index is 12.3. The molecule has 2 N–H and O–H groups in total. The average Bonchev–Trinajstić information content (AvgIpc) is 2.69. The van der Waals surface area contributed by atoms with Crippen molar-refractivity contribution >= 4 is 0 Å². The average molecular weight is 219 g/mol. The van der Waals surface area contributed by atoms with Crippen molar-refractivity contribution in [1.82, 2.24) is 9.78 Å². The molecule has 0 bridgehead atoms. The van der Waals surface area contributed by atoms with Crippen LogP contribution in [0.5, 0.6) is 0 Å². The lowest BCUT2D eigenvalue weighted by atomic mass is 10.2. The first-order chi connectivity index (χ1) is 6.97. The summed E-state index contributed by atoms with van der Waals surface area (Å²) >= 11 is 0. The monoisotopic (exact) mass is 219 g/mol. The van der Waals surface area contributed by atoms with E-state index in [1.165, 1.54) is 10.9 Å². The van der Waals surface area contributed by atoms with Crippen LogP contribution in [-0.2, 0) is 6.18 Å². The summed E-state index contributed by atoms with van der Waals surface area (Å²) in [5.41, 5.74) is 4.86. The highest BCUT2D eigenvalue weighted by Gasteiger charge is 2.34. The van der Waals surface area contributed by atoms with E-state index in [4.69, 9.17) is 5.73 Å². The van der Waals surface area contributed by atoms with Gasteiger partial charge in [-0.05, 0) is 25.3 Å². The third kappa shape index (κ3) is 2.14. The molecule has 0 aromatic carbocycles. The SMILES string of the molecule is NC1CCC(n2ccc(C(F)(F)F)n2)C1. The molecule has 2 rings (SSSR count). The Morgan fingerprint density at radius 2 is 2.13 bits per heavy atom. The summed E-state index contributed by atoms with van der Waals surface area (Å²) in [6.45, 7) is 0. The molecule has 2 atom stereocenters. The highest BCUT2D eigenvalue weighted by molar-refractivity contribution is 5.04. The Morgan fingerprint density at radius 1 is 1.40 bits per heavy atom. The number of hydrogen-bond acceptors (Lipinski definition) is 2. The van der Waals surface area contributed by atoms with E-state index >= 15 is 0 Å². The molecule has 0 spiro atoms. The van der Waals surface area contributed by atoms with Crippen LogP contribution in [0.15, 0.2) is 12.3 Å². The van der Waals surface area contributed by atoms with E-state index < -0.39 is 11.9 Å². The first-order valence-corrected chi connectivity index (χ1v) is 4.85. The van der Waals surface area contributed by atoms with Gasteiger partial charge in [-0.2, -0.15) is 18.3 Å². The molecule has 15 heavy (non-hydrogen) atoms. The molecule has 2 unspecified atom stereocenters. The van der Waals surface area contributed by atoms with E-state index in [0.717, 1.165) is 18.9 Å². The summed E-state index contributed by atoms with van der Waals surface area (Å²) in [6.07, 6.45) is -0.609. The molecule has 1 heterocycles. The summed E-state index contributed by atoms with van der Waals surface area (Å²) in [5, 5.41) is 3.53. The fraction of sp³-hybridized carbons (Fsp3) is 0.667. The number of hydrogen-bond donors (Lipinski definition) is 1. The molecule has 1 aromatic rings. The Balaban J connectivity index is 2.14. The summed E-state index contributed by atoms with van der Waals surface area (Å²) in [5.74, 6) is 0. The van der Waals surface area contributed by atoms with Crippen LogP contribution in [0.25, 0.3) is 0 Å². The van der Waals surface area contributed by atoms with E-state index in [9.17, 15) is 13.2 Å². The second-order valence-corrected chi connectivity index (χ2v) is 3.91. The van der Waals surface area contributed by atoms with E-state index in [2.05, 4.69) is 5.10 Å². The summed E-state index contributed by atoms with van der Waals surface area (Å²) in [7, 11) is 0.